The summed E-state index contributed by atoms with van der Waals surface area (Å²) in [6.07, 6.45) is 20.0. The van der Waals surface area contributed by atoms with Gasteiger partial charge in [0, 0.05) is 5.56 Å². The van der Waals surface area contributed by atoms with Crippen LogP contribution in [-0.4, -0.2) is 0 Å². The minimum absolute atomic E-state index is 0.758. The van der Waals surface area contributed by atoms with Crippen molar-refractivity contribution in [3.63, 3.8) is 0 Å². The first-order chi connectivity index (χ1) is 22.8. The van der Waals surface area contributed by atoms with E-state index in [0.717, 1.165) is 54.1 Å². The van der Waals surface area contributed by atoms with E-state index in [4.69, 9.17) is 13.6 Å². The van der Waals surface area contributed by atoms with Crippen LogP contribution in [0.5, 0.6) is 17.2 Å². The molecule has 0 spiro atoms. The SMILES string of the molecule is CCCCCCCCCc1ccccc1OP(Oc1ccccc1CCCCCCCCC)Oc1ccccc1-c1ccccc1. The summed E-state index contributed by atoms with van der Waals surface area (Å²) < 4.78 is 20.1. The van der Waals surface area contributed by atoms with Crippen molar-refractivity contribution >= 4 is 8.60 Å². The molecule has 0 atom stereocenters. The molecular weight excluding hydrogens is 583 g/mol. The van der Waals surface area contributed by atoms with Gasteiger partial charge in [-0.2, -0.15) is 0 Å². The van der Waals surface area contributed by atoms with E-state index in [0.29, 0.717) is 0 Å². The molecule has 0 heterocycles. The highest BCUT2D eigenvalue weighted by Gasteiger charge is 2.24. The maximum Gasteiger partial charge on any atom is 0.530 e. The Bertz CT molecular complexity index is 1310. The van der Waals surface area contributed by atoms with E-state index in [1.54, 1.807) is 0 Å². The van der Waals surface area contributed by atoms with Crippen LogP contribution in [0.25, 0.3) is 11.1 Å². The second kappa shape index (κ2) is 21.5. The Morgan fingerprint density at radius 1 is 0.391 bits per heavy atom. The Morgan fingerprint density at radius 3 is 1.30 bits per heavy atom. The van der Waals surface area contributed by atoms with Gasteiger partial charge in [-0.15, -0.1) is 0 Å². The number of aryl methyl sites for hydroxylation is 2. The molecule has 0 bridgehead atoms. The second-order valence-corrected chi connectivity index (χ2v) is 13.3. The van der Waals surface area contributed by atoms with Crippen molar-refractivity contribution in [2.45, 2.75) is 117 Å². The molecule has 0 N–H and O–H groups in total. The van der Waals surface area contributed by atoms with Gasteiger partial charge in [-0.05, 0) is 60.6 Å². The number of rotatable bonds is 23. The van der Waals surface area contributed by atoms with E-state index in [1.165, 1.54) is 88.2 Å². The van der Waals surface area contributed by atoms with Gasteiger partial charge < -0.3 is 13.6 Å². The van der Waals surface area contributed by atoms with E-state index < -0.39 is 8.60 Å². The number of hydrogen-bond acceptors (Lipinski definition) is 3. The first-order valence-corrected chi connectivity index (χ1v) is 19.0. The average Bonchev–Trinajstić information content (AvgIpc) is 3.09. The normalized spacial score (nSPS) is 11.1. The topological polar surface area (TPSA) is 27.7 Å². The van der Waals surface area contributed by atoms with Crippen molar-refractivity contribution in [3.8, 4) is 28.4 Å². The maximum absolute atomic E-state index is 6.71. The summed E-state index contributed by atoms with van der Waals surface area (Å²) in [5.41, 5.74) is 4.55. The Balaban J connectivity index is 1.50. The first-order valence-electron chi connectivity index (χ1n) is 17.9. The minimum Gasteiger partial charge on any atom is -0.408 e. The molecule has 0 saturated heterocycles. The van der Waals surface area contributed by atoms with Gasteiger partial charge in [-0.25, -0.2) is 0 Å². The molecule has 0 aliphatic heterocycles. The van der Waals surface area contributed by atoms with Crippen molar-refractivity contribution < 1.29 is 13.6 Å². The average molecular weight is 639 g/mol. The van der Waals surface area contributed by atoms with E-state index in [-0.39, 0.29) is 0 Å². The van der Waals surface area contributed by atoms with Crippen molar-refractivity contribution in [3.05, 3.63) is 114 Å². The van der Waals surface area contributed by atoms with Crippen LogP contribution in [0.2, 0.25) is 0 Å². The lowest BCUT2D eigenvalue weighted by Crippen LogP contribution is -2.06. The summed E-state index contributed by atoms with van der Waals surface area (Å²) in [5, 5.41) is 0. The van der Waals surface area contributed by atoms with Crippen molar-refractivity contribution in [1.82, 2.24) is 0 Å². The number of benzene rings is 4. The van der Waals surface area contributed by atoms with Gasteiger partial charge in [-0.1, -0.05) is 176 Å². The molecule has 0 unspecified atom stereocenters. The predicted molar refractivity (Wildman–Crippen MR) is 197 cm³/mol. The zero-order valence-electron chi connectivity index (χ0n) is 28.3. The fourth-order valence-electron chi connectivity index (χ4n) is 5.84. The standard InChI is InChI=1S/C42H55O3P/c1-3-5-7-9-11-13-16-28-37-30-20-23-33-40(37)43-46(45-42-35-25-22-32-39(42)36-26-18-15-19-27-36)44-41-34-24-21-31-38(41)29-17-14-12-10-8-6-4-2/h15,18-27,30-35H,3-14,16-17,28-29H2,1-2H3. The molecule has 4 rings (SSSR count). The predicted octanol–water partition coefficient (Wildman–Crippen LogP) is 13.7. The van der Waals surface area contributed by atoms with E-state index in [9.17, 15) is 0 Å². The Morgan fingerprint density at radius 2 is 0.783 bits per heavy atom. The molecule has 0 aliphatic rings. The fraction of sp³-hybridized carbons (Fsp3) is 0.429. The van der Waals surface area contributed by atoms with Crippen LogP contribution >= 0.6 is 8.60 Å². The molecule has 46 heavy (non-hydrogen) atoms. The lowest BCUT2D eigenvalue weighted by molar-refractivity contribution is 0.384. The fourth-order valence-corrected chi connectivity index (χ4v) is 6.95. The Kier molecular flexibility index (Phi) is 16.6. The van der Waals surface area contributed by atoms with Crippen LogP contribution in [0.4, 0.5) is 0 Å². The van der Waals surface area contributed by atoms with Crippen LogP contribution in [0.1, 0.15) is 115 Å². The Labute approximate surface area is 280 Å². The third-order valence-electron chi connectivity index (χ3n) is 8.54. The zero-order valence-corrected chi connectivity index (χ0v) is 29.2. The summed E-state index contributed by atoms with van der Waals surface area (Å²) in [6, 6.07) is 35.4. The van der Waals surface area contributed by atoms with Gasteiger partial charge in [0.05, 0.1) is 0 Å². The number of unbranched alkanes of at least 4 members (excludes halogenated alkanes) is 12. The van der Waals surface area contributed by atoms with Crippen molar-refractivity contribution in [2.75, 3.05) is 0 Å². The third-order valence-corrected chi connectivity index (χ3v) is 9.57. The van der Waals surface area contributed by atoms with Crippen LogP contribution in [-0.2, 0) is 12.8 Å². The highest BCUT2D eigenvalue weighted by molar-refractivity contribution is 7.43. The van der Waals surface area contributed by atoms with Gasteiger partial charge in [-0.3, -0.25) is 0 Å². The lowest BCUT2D eigenvalue weighted by Gasteiger charge is -2.22. The number of para-hydroxylation sites is 3. The highest BCUT2D eigenvalue weighted by atomic mass is 31.2. The molecule has 0 aliphatic carbocycles. The highest BCUT2D eigenvalue weighted by Crippen LogP contribution is 2.46. The molecule has 0 radical (unpaired) electrons. The van der Waals surface area contributed by atoms with Crippen LogP contribution in [0.15, 0.2) is 103 Å². The Hall–Kier alpha value is -3.29. The minimum atomic E-state index is -1.79. The van der Waals surface area contributed by atoms with E-state index in [2.05, 4.69) is 80.6 Å². The van der Waals surface area contributed by atoms with E-state index in [1.807, 2.05) is 36.4 Å². The summed E-state index contributed by atoms with van der Waals surface area (Å²) in [5.74, 6) is 2.46. The van der Waals surface area contributed by atoms with Crippen LogP contribution in [0.3, 0.4) is 0 Å². The van der Waals surface area contributed by atoms with Gasteiger partial charge in [0.2, 0.25) is 0 Å². The molecule has 4 aromatic rings. The van der Waals surface area contributed by atoms with Gasteiger partial charge >= 0.3 is 8.60 Å². The maximum atomic E-state index is 6.71. The molecule has 0 amide bonds. The molecule has 4 aromatic carbocycles. The summed E-state index contributed by atoms with van der Waals surface area (Å²) in [4.78, 5) is 0. The van der Waals surface area contributed by atoms with Crippen molar-refractivity contribution in [1.29, 1.82) is 0 Å². The number of hydrogen-bond donors (Lipinski definition) is 0. The molecule has 246 valence electrons. The van der Waals surface area contributed by atoms with Gasteiger partial charge in [0.1, 0.15) is 17.2 Å². The largest absolute Gasteiger partial charge is 0.530 e. The quantitative estimate of drug-likeness (QED) is 0.0598. The molecule has 0 fully saturated rings. The lowest BCUT2D eigenvalue weighted by atomic mass is 10.0. The second-order valence-electron chi connectivity index (χ2n) is 12.3. The first kappa shape index (κ1) is 35.6. The monoisotopic (exact) mass is 638 g/mol. The molecule has 0 saturated carbocycles. The molecular formula is C42H55O3P. The zero-order chi connectivity index (χ0) is 32.1. The molecule has 0 aromatic heterocycles. The summed E-state index contributed by atoms with van der Waals surface area (Å²) in [7, 11) is -1.79. The van der Waals surface area contributed by atoms with Crippen molar-refractivity contribution in [2.24, 2.45) is 0 Å². The molecule has 4 heteroatoms. The van der Waals surface area contributed by atoms with Crippen LogP contribution in [0, 0.1) is 0 Å². The smallest absolute Gasteiger partial charge is 0.408 e. The summed E-state index contributed by atoms with van der Waals surface area (Å²) in [6.45, 7) is 4.54. The molecule has 3 nitrogen and oxygen atoms in total. The van der Waals surface area contributed by atoms with E-state index >= 15 is 0 Å². The van der Waals surface area contributed by atoms with Gasteiger partial charge in [0.15, 0.2) is 0 Å². The third kappa shape index (κ3) is 12.5. The van der Waals surface area contributed by atoms with Crippen LogP contribution < -0.4 is 13.6 Å². The summed E-state index contributed by atoms with van der Waals surface area (Å²) >= 11 is 0. The van der Waals surface area contributed by atoms with Gasteiger partial charge in [0.25, 0.3) is 0 Å².